The van der Waals surface area contributed by atoms with Crippen LogP contribution in [0.15, 0.2) is 0 Å². The molecule has 0 aliphatic carbocycles. The van der Waals surface area contributed by atoms with Gasteiger partial charge in [0.15, 0.2) is 0 Å². The summed E-state index contributed by atoms with van der Waals surface area (Å²) in [6.45, 7) is 1.44. The third-order valence-electron chi connectivity index (χ3n) is 3.59. The van der Waals surface area contributed by atoms with Crippen molar-refractivity contribution in [3.63, 3.8) is 0 Å². The number of carboxylic acid groups (broad SMARTS) is 1. The fraction of sp³-hybridized carbons (Fsp3) is 0.750. The number of nitrogens with zero attached hydrogens (tertiary/aromatic N) is 2. The SMILES string of the molecule is NC(=O)C1COCCN1C(=O)N1CCOCC1CC(=O)O. The second-order valence-corrected chi connectivity index (χ2v) is 4.99. The van der Waals surface area contributed by atoms with Crippen LogP contribution in [0.3, 0.4) is 0 Å². The quantitative estimate of drug-likeness (QED) is 0.652. The zero-order valence-corrected chi connectivity index (χ0v) is 11.6. The Morgan fingerprint density at radius 3 is 2.33 bits per heavy atom. The summed E-state index contributed by atoms with van der Waals surface area (Å²) in [5.41, 5.74) is 5.29. The highest BCUT2D eigenvalue weighted by Gasteiger charge is 2.37. The van der Waals surface area contributed by atoms with Gasteiger partial charge in [0.1, 0.15) is 6.04 Å². The number of hydrogen-bond acceptors (Lipinski definition) is 5. The van der Waals surface area contributed by atoms with Gasteiger partial charge in [0.25, 0.3) is 0 Å². The van der Waals surface area contributed by atoms with E-state index in [1.165, 1.54) is 9.80 Å². The van der Waals surface area contributed by atoms with Crippen molar-refractivity contribution in [3.8, 4) is 0 Å². The van der Waals surface area contributed by atoms with E-state index in [2.05, 4.69) is 0 Å². The van der Waals surface area contributed by atoms with Crippen molar-refractivity contribution >= 4 is 17.9 Å². The molecule has 3 amide bonds. The number of carbonyl (C=O) groups is 3. The molecule has 2 aliphatic heterocycles. The van der Waals surface area contributed by atoms with Crippen LogP contribution in [-0.2, 0) is 19.1 Å². The van der Waals surface area contributed by atoms with E-state index in [1.54, 1.807) is 0 Å². The molecule has 3 N–H and O–H groups in total. The monoisotopic (exact) mass is 301 g/mol. The largest absolute Gasteiger partial charge is 0.481 e. The van der Waals surface area contributed by atoms with Crippen molar-refractivity contribution in [2.45, 2.75) is 18.5 Å². The lowest BCUT2D eigenvalue weighted by molar-refractivity contribution is -0.140. The summed E-state index contributed by atoms with van der Waals surface area (Å²) in [4.78, 5) is 37.7. The molecule has 118 valence electrons. The van der Waals surface area contributed by atoms with Gasteiger partial charge in [-0.3, -0.25) is 9.59 Å². The molecule has 2 fully saturated rings. The van der Waals surface area contributed by atoms with Crippen LogP contribution in [0.2, 0.25) is 0 Å². The summed E-state index contributed by atoms with van der Waals surface area (Å²) >= 11 is 0. The Morgan fingerprint density at radius 2 is 1.71 bits per heavy atom. The van der Waals surface area contributed by atoms with Crippen molar-refractivity contribution in [2.24, 2.45) is 5.73 Å². The molecular weight excluding hydrogens is 282 g/mol. The zero-order valence-electron chi connectivity index (χ0n) is 11.6. The molecule has 0 aromatic rings. The molecule has 0 aromatic heterocycles. The number of ether oxygens (including phenoxy) is 2. The minimum Gasteiger partial charge on any atom is -0.481 e. The Balaban J connectivity index is 2.11. The maximum atomic E-state index is 12.6. The van der Waals surface area contributed by atoms with Crippen molar-refractivity contribution in [1.82, 2.24) is 9.80 Å². The fourth-order valence-corrected chi connectivity index (χ4v) is 2.51. The smallest absolute Gasteiger partial charge is 0.321 e. The molecule has 2 heterocycles. The summed E-state index contributed by atoms with van der Waals surface area (Å²) < 4.78 is 10.4. The van der Waals surface area contributed by atoms with E-state index in [0.29, 0.717) is 19.8 Å². The number of amides is 3. The molecule has 9 heteroatoms. The Kier molecular flexibility index (Phi) is 4.97. The topological polar surface area (TPSA) is 122 Å². The number of nitrogens with two attached hydrogens (primary N) is 1. The Labute approximate surface area is 121 Å². The molecule has 0 bridgehead atoms. The lowest BCUT2D eigenvalue weighted by Gasteiger charge is -2.41. The number of morpholine rings is 2. The van der Waals surface area contributed by atoms with Crippen LogP contribution in [-0.4, -0.2) is 84.4 Å². The maximum absolute atomic E-state index is 12.6. The van der Waals surface area contributed by atoms with Gasteiger partial charge in [-0.2, -0.15) is 0 Å². The lowest BCUT2D eigenvalue weighted by Crippen LogP contribution is -2.61. The number of carbonyl (C=O) groups excluding carboxylic acids is 2. The number of carboxylic acids is 1. The first-order valence-corrected chi connectivity index (χ1v) is 6.74. The number of hydrogen-bond donors (Lipinski definition) is 2. The molecule has 0 radical (unpaired) electrons. The van der Waals surface area contributed by atoms with E-state index < -0.39 is 30.0 Å². The summed E-state index contributed by atoms with van der Waals surface area (Å²) in [6, 6.07) is -1.75. The third-order valence-corrected chi connectivity index (χ3v) is 3.59. The van der Waals surface area contributed by atoms with E-state index in [0.717, 1.165) is 0 Å². The van der Waals surface area contributed by atoms with E-state index in [4.69, 9.17) is 20.3 Å². The predicted molar refractivity (Wildman–Crippen MR) is 69.5 cm³/mol. The summed E-state index contributed by atoms with van der Waals surface area (Å²) in [7, 11) is 0. The van der Waals surface area contributed by atoms with Gasteiger partial charge >= 0.3 is 12.0 Å². The summed E-state index contributed by atoms with van der Waals surface area (Å²) in [6.07, 6.45) is -0.197. The third kappa shape index (κ3) is 3.61. The molecule has 9 nitrogen and oxygen atoms in total. The Morgan fingerprint density at radius 1 is 1.10 bits per heavy atom. The maximum Gasteiger partial charge on any atom is 0.321 e. The molecule has 2 aliphatic rings. The number of aliphatic carboxylic acids is 1. The normalized spacial score (nSPS) is 26.5. The molecule has 21 heavy (non-hydrogen) atoms. The van der Waals surface area contributed by atoms with Crippen molar-refractivity contribution in [2.75, 3.05) is 39.5 Å². The zero-order chi connectivity index (χ0) is 15.4. The molecule has 2 unspecified atom stereocenters. The molecule has 0 spiro atoms. The van der Waals surface area contributed by atoms with Gasteiger partial charge in [-0.25, -0.2) is 4.79 Å². The second-order valence-electron chi connectivity index (χ2n) is 4.99. The highest BCUT2D eigenvalue weighted by Crippen LogP contribution is 2.17. The van der Waals surface area contributed by atoms with E-state index in [1.807, 2.05) is 0 Å². The van der Waals surface area contributed by atoms with Gasteiger partial charge in [0.2, 0.25) is 5.91 Å². The first kappa shape index (κ1) is 15.5. The van der Waals surface area contributed by atoms with Gasteiger partial charge in [0, 0.05) is 13.1 Å². The highest BCUT2D eigenvalue weighted by atomic mass is 16.5. The van der Waals surface area contributed by atoms with Crippen LogP contribution in [0.25, 0.3) is 0 Å². The van der Waals surface area contributed by atoms with Crippen LogP contribution >= 0.6 is 0 Å². The predicted octanol–water partition coefficient (Wildman–Crippen LogP) is -1.53. The van der Waals surface area contributed by atoms with Crippen LogP contribution in [0.5, 0.6) is 0 Å². The minimum absolute atomic E-state index is 0.0645. The molecule has 2 rings (SSSR count). The van der Waals surface area contributed by atoms with E-state index >= 15 is 0 Å². The first-order valence-electron chi connectivity index (χ1n) is 6.74. The van der Waals surface area contributed by atoms with Gasteiger partial charge in [-0.15, -0.1) is 0 Å². The molecule has 0 aromatic carbocycles. The fourth-order valence-electron chi connectivity index (χ4n) is 2.51. The summed E-state index contributed by atoms with van der Waals surface area (Å²) in [5.74, 6) is -1.64. The molecular formula is C12H19N3O6. The Bertz CT molecular complexity index is 429. The van der Waals surface area contributed by atoms with Crippen molar-refractivity contribution in [1.29, 1.82) is 0 Å². The van der Waals surface area contributed by atoms with Gasteiger partial charge in [0.05, 0.1) is 38.9 Å². The van der Waals surface area contributed by atoms with Crippen LogP contribution in [0.4, 0.5) is 4.79 Å². The number of urea groups is 1. The Hall–Kier alpha value is -1.87. The average Bonchev–Trinajstić information content (AvgIpc) is 2.46. The average molecular weight is 301 g/mol. The lowest BCUT2D eigenvalue weighted by atomic mass is 10.1. The van der Waals surface area contributed by atoms with Gasteiger partial charge in [-0.1, -0.05) is 0 Å². The first-order chi connectivity index (χ1) is 10.0. The van der Waals surface area contributed by atoms with Crippen molar-refractivity contribution in [3.05, 3.63) is 0 Å². The summed E-state index contributed by atoms with van der Waals surface area (Å²) in [5, 5.41) is 8.91. The number of primary amides is 1. The number of rotatable bonds is 3. The molecule has 2 saturated heterocycles. The van der Waals surface area contributed by atoms with E-state index in [9.17, 15) is 14.4 Å². The van der Waals surface area contributed by atoms with Crippen LogP contribution < -0.4 is 5.73 Å². The van der Waals surface area contributed by atoms with E-state index in [-0.39, 0.29) is 26.2 Å². The van der Waals surface area contributed by atoms with Crippen LogP contribution in [0.1, 0.15) is 6.42 Å². The standard InChI is InChI=1S/C12H19N3O6/c13-11(18)9-7-21-4-2-15(9)12(19)14-1-3-20-6-8(14)5-10(16)17/h8-9H,1-7H2,(H2,13,18)(H,16,17). The second kappa shape index (κ2) is 6.72. The van der Waals surface area contributed by atoms with Gasteiger partial charge in [-0.05, 0) is 0 Å². The molecule has 0 saturated carbocycles. The highest BCUT2D eigenvalue weighted by molar-refractivity contribution is 5.86. The van der Waals surface area contributed by atoms with Crippen LogP contribution in [0, 0.1) is 0 Å². The van der Waals surface area contributed by atoms with Crippen molar-refractivity contribution < 1.29 is 29.0 Å². The van der Waals surface area contributed by atoms with Gasteiger partial charge < -0.3 is 30.1 Å². The minimum atomic E-state index is -1.00. The molecule has 2 atom stereocenters.